The van der Waals surface area contributed by atoms with Crippen molar-refractivity contribution in [1.82, 2.24) is 0 Å². The predicted molar refractivity (Wildman–Crippen MR) is 54.5 cm³/mol. The maximum absolute atomic E-state index is 9.92. The molecular formula is C12H22O. The highest BCUT2D eigenvalue weighted by atomic mass is 16.3. The molecule has 0 aromatic heterocycles. The topological polar surface area (TPSA) is 20.2 Å². The fourth-order valence-electron chi connectivity index (χ4n) is 3.25. The van der Waals surface area contributed by atoms with Gasteiger partial charge in [0, 0.05) is 0 Å². The van der Waals surface area contributed by atoms with E-state index in [0.29, 0.717) is 5.92 Å². The standard InChI is InChI=1S/C12H22O/c13-12-9-5-4-8-11(12)10-6-2-1-3-7-10/h10-13H,1-9H2. The summed E-state index contributed by atoms with van der Waals surface area (Å²) in [6, 6.07) is 0. The van der Waals surface area contributed by atoms with Crippen LogP contribution in [0.3, 0.4) is 0 Å². The van der Waals surface area contributed by atoms with Crippen molar-refractivity contribution >= 4 is 0 Å². The van der Waals surface area contributed by atoms with Gasteiger partial charge in [0.05, 0.1) is 6.10 Å². The first-order valence-corrected chi connectivity index (χ1v) is 6.06. The maximum Gasteiger partial charge on any atom is 0.0571 e. The molecule has 0 aromatic carbocycles. The molecule has 2 unspecified atom stereocenters. The number of hydrogen-bond donors (Lipinski definition) is 1. The van der Waals surface area contributed by atoms with Gasteiger partial charge in [-0.1, -0.05) is 44.9 Å². The van der Waals surface area contributed by atoms with Gasteiger partial charge in [-0.15, -0.1) is 0 Å². The lowest BCUT2D eigenvalue weighted by molar-refractivity contribution is 0.0257. The van der Waals surface area contributed by atoms with Gasteiger partial charge in [0.25, 0.3) is 0 Å². The van der Waals surface area contributed by atoms with Crippen LogP contribution >= 0.6 is 0 Å². The van der Waals surface area contributed by atoms with Gasteiger partial charge >= 0.3 is 0 Å². The van der Waals surface area contributed by atoms with Gasteiger partial charge < -0.3 is 5.11 Å². The maximum atomic E-state index is 9.92. The van der Waals surface area contributed by atoms with Gasteiger partial charge in [-0.2, -0.15) is 0 Å². The predicted octanol–water partition coefficient (Wildman–Crippen LogP) is 3.12. The van der Waals surface area contributed by atoms with Gasteiger partial charge in [-0.25, -0.2) is 0 Å². The molecule has 2 atom stereocenters. The molecule has 76 valence electrons. The van der Waals surface area contributed by atoms with E-state index in [9.17, 15) is 5.11 Å². The van der Waals surface area contributed by atoms with E-state index in [-0.39, 0.29) is 6.10 Å². The highest BCUT2D eigenvalue weighted by molar-refractivity contribution is 4.82. The fraction of sp³-hybridized carbons (Fsp3) is 1.00. The molecule has 0 radical (unpaired) electrons. The summed E-state index contributed by atoms with van der Waals surface area (Å²) < 4.78 is 0. The second-order valence-corrected chi connectivity index (χ2v) is 4.91. The summed E-state index contributed by atoms with van der Waals surface area (Å²) in [7, 11) is 0. The lowest BCUT2D eigenvalue weighted by atomic mass is 9.72. The summed E-state index contributed by atoms with van der Waals surface area (Å²) in [5.74, 6) is 1.53. The molecular weight excluding hydrogens is 160 g/mol. The summed E-state index contributed by atoms with van der Waals surface area (Å²) in [6.07, 6.45) is 12.1. The molecule has 0 heterocycles. The van der Waals surface area contributed by atoms with Crippen molar-refractivity contribution in [2.24, 2.45) is 11.8 Å². The Morgan fingerprint density at radius 1 is 0.692 bits per heavy atom. The van der Waals surface area contributed by atoms with E-state index in [0.717, 1.165) is 12.3 Å². The van der Waals surface area contributed by atoms with Crippen molar-refractivity contribution in [3.05, 3.63) is 0 Å². The molecule has 0 aliphatic heterocycles. The molecule has 2 rings (SSSR count). The second-order valence-electron chi connectivity index (χ2n) is 4.91. The van der Waals surface area contributed by atoms with Crippen molar-refractivity contribution in [3.8, 4) is 0 Å². The zero-order chi connectivity index (χ0) is 9.10. The Morgan fingerprint density at radius 3 is 2.00 bits per heavy atom. The molecule has 1 nitrogen and oxygen atoms in total. The van der Waals surface area contributed by atoms with Crippen LogP contribution in [0.5, 0.6) is 0 Å². The van der Waals surface area contributed by atoms with Crippen LogP contribution in [0.4, 0.5) is 0 Å². The quantitative estimate of drug-likeness (QED) is 0.660. The lowest BCUT2D eigenvalue weighted by Crippen LogP contribution is -2.32. The van der Waals surface area contributed by atoms with Crippen molar-refractivity contribution in [3.63, 3.8) is 0 Å². The van der Waals surface area contributed by atoms with E-state index >= 15 is 0 Å². The van der Waals surface area contributed by atoms with E-state index in [2.05, 4.69) is 0 Å². The highest BCUT2D eigenvalue weighted by Crippen LogP contribution is 2.38. The fourth-order valence-corrected chi connectivity index (χ4v) is 3.25. The first kappa shape index (κ1) is 9.51. The molecule has 1 heteroatoms. The highest BCUT2D eigenvalue weighted by Gasteiger charge is 2.30. The first-order valence-electron chi connectivity index (χ1n) is 6.06. The summed E-state index contributed by atoms with van der Waals surface area (Å²) >= 11 is 0. The van der Waals surface area contributed by atoms with Gasteiger partial charge in [-0.3, -0.25) is 0 Å². The first-order chi connectivity index (χ1) is 6.38. The molecule has 0 spiro atoms. The molecule has 1 N–H and O–H groups in total. The van der Waals surface area contributed by atoms with Gasteiger partial charge in [0.15, 0.2) is 0 Å². The largest absolute Gasteiger partial charge is 0.393 e. The third-order valence-corrected chi connectivity index (χ3v) is 4.04. The third-order valence-electron chi connectivity index (χ3n) is 4.04. The smallest absolute Gasteiger partial charge is 0.0571 e. The number of aliphatic hydroxyl groups is 1. The second kappa shape index (κ2) is 4.45. The summed E-state index contributed by atoms with van der Waals surface area (Å²) in [5, 5.41) is 9.92. The minimum absolute atomic E-state index is 0.0387. The van der Waals surface area contributed by atoms with Crippen molar-refractivity contribution in [2.45, 2.75) is 63.9 Å². The van der Waals surface area contributed by atoms with Crippen LogP contribution in [0, 0.1) is 11.8 Å². The van der Waals surface area contributed by atoms with Crippen LogP contribution in [0.1, 0.15) is 57.8 Å². The molecule has 2 fully saturated rings. The van der Waals surface area contributed by atoms with Crippen LogP contribution < -0.4 is 0 Å². The van der Waals surface area contributed by atoms with Crippen LogP contribution in [0.15, 0.2) is 0 Å². The molecule has 0 bridgehead atoms. The van der Waals surface area contributed by atoms with Gasteiger partial charge in [-0.05, 0) is 24.7 Å². The Morgan fingerprint density at radius 2 is 1.31 bits per heavy atom. The SMILES string of the molecule is OC1CCCCC1C1CCCCC1. The van der Waals surface area contributed by atoms with Gasteiger partial charge in [0.1, 0.15) is 0 Å². The van der Waals surface area contributed by atoms with Crippen LogP contribution in [0.2, 0.25) is 0 Å². The molecule has 0 amide bonds. The van der Waals surface area contributed by atoms with Crippen LogP contribution in [-0.2, 0) is 0 Å². The zero-order valence-electron chi connectivity index (χ0n) is 8.54. The number of rotatable bonds is 1. The Bertz CT molecular complexity index is 149. The summed E-state index contributed by atoms with van der Waals surface area (Å²) in [6.45, 7) is 0. The van der Waals surface area contributed by atoms with Crippen molar-refractivity contribution in [2.75, 3.05) is 0 Å². The molecule has 2 saturated carbocycles. The Kier molecular flexibility index (Phi) is 3.26. The molecule has 2 aliphatic rings. The van der Waals surface area contributed by atoms with E-state index in [1.54, 1.807) is 0 Å². The van der Waals surface area contributed by atoms with E-state index in [1.165, 1.54) is 51.4 Å². The van der Waals surface area contributed by atoms with E-state index in [1.807, 2.05) is 0 Å². The summed E-state index contributed by atoms with van der Waals surface area (Å²) in [5.41, 5.74) is 0. The number of hydrogen-bond acceptors (Lipinski definition) is 1. The molecule has 13 heavy (non-hydrogen) atoms. The van der Waals surface area contributed by atoms with Crippen molar-refractivity contribution < 1.29 is 5.11 Å². The Labute approximate surface area is 81.5 Å². The molecule has 2 aliphatic carbocycles. The lowest BCUT2D eigenvalue weighted by Gasteiger charge is -2.36. The third kappa shape index (κ3) is 2.25. The van der Waals surface area contributed by atoms with Gasteiger partial charge in [0.2, 0.25) is 0 Å². The number of aliphatic hydroxyl groups excluding tert-OH is 1. The van der Waals surface area contributed by atoms with Crippen molar-refractivity contribution in [1.29, 1.82) is 0 Å². The zero-order valence-corrected chi connectivity index (χ0v) is 8.54. The van der Waals surface area contributed by atoms with Crippen LogP contribution in [-0.4, -0.2) is 11.2 Å². The molecule has 0 saturated heterocycles. The Hall–Kier alpha value is -0.0400. The van der Waals surface area contributed by atoms with E-state index < -0.39 is 0 Å². The minimum Gasteiger partial charge on any atom is -0.393 e. The minimum atomic E-state index is 0.0387. The average Bonchev–Trinajstić information content (AvgIpc) is 2.20. The average molecular weight is 182 g/mol. The normalized spacial score (nSPS) is 37.6. The monoisotopic (exact) mass is 182 g/mol. The van der Waals surface area contributed by atoms with Crippen LogP contribution in [0.25, 0.3) is 0 Å². The molecule has 0 aromatic rings. The van der Waals surface area contributed by atoms with E-state index in [4.69, 9.17) is 0 Å². The summed E-state index contributed by atoms with van der Waals surface area (Å²) in [4.78, 5) is 0. The Balaban J connectivity index is 1.88.